The molecule has 0 aliphatic carbocycles. The summed E-state index contributed by atoms with van der Waals surface area (Å²) in [5, 5.41) is 8.92. The minimum Gasteiger partial charge on any atom is -0.378 e. The highest BCUT2D eigenvalue weighted by molar-refractivity contribution is 7.91. The first-order chi connectivity index (χ1) is 17.6. The third kappa shape index (κ3) is 8.09. The van der Waals surface area contributed by atoms with E-state index in [2.05, 4.69) is 20.8 Å². The number of amides is 3. The fourth-order valence-electron chi connectivity index (χ4n) is 3.82. The summed E-state index contributed by atoms with van der Waals surface area (Å²) in [5.41, 5.74) is 0.656. The smallest absolute Gasteiger partial charge is 0.318 e. The summed E-state index contributed by atoms with van der Waals surface area (Å²) in [6.45, 7) is 6.49. The minimum absolute atomic E-state index is 0.148. The molecule has 0 bridgehead atoms. The molecule has 1 aliphatic heterocycles. The van der Waals surface area contributed by atoms with E-state index in [9.17, 15) is 22.8 Å². The number of benzene rings is 1. The van der Waals surface area contributed by atoms with E-state index < -0.39 is 45.4 Å². The monoisotopic (exact) mass is 535 g/mol. The molecule has 1 saturated heterocycles. The lowest BCUT2D eigenvalue weighted by Crippen LogP contribution is -2.57. The van der Waals surface area contributed by atoms with Crippen molar-refractivity contribution in [2.45, 2.75) is 39.3 Å². The molecule has 0 spiro atoms. The predicted molar refractivity (Wildman–Crippen MR) is 134 cm³/mol. The molecule has 2 unspecified atom stereocenters. The van der Waals surface area contributed by atoms with Crippen LogP contribution in [0, 0.1) is 5.92 Å². The maximum absolute atomic E-state index is 13.2. The number of nitrogens with one attached hydrogen (secondary N) is 2. The van der Waals surface area contributed by atoms with E-state index in [0.29, 0.717) is 31.9 Å². The van der Waals surface area contributed by atoms with Gasteiger partial charge in [-0.1, -0.05) is 56.3 Å². The van der Waals surface area contributed by atoms with Crippen molar-refractivity contribution in [3.05, 3.63) is 36.2 Å². The Balaban J connectivity index is 1.75. The molecule has 2 aromatic rings. The first kappa shape index (κ1) is 28.3. The highest BCUT2D eigenvalue weighted by Crippen LogP contribution is 2.16. The number of ketones is 1. The highest BCUT2D eigenvalue weighted by Gasteiger charge is 2.33. The van der Waals surface area contributed by atoms with Gasteiger partial charge in [0.05, 0.1) is 30.8 Å². The number of carbonyl (C=O) groups excluding carboxylic acids is 3. The fourth-order valence-corrected chi connectivity index (χ4v) is 5.72. The molecular weight excluding hydrogens is 502 g/mol. The zero-order chi connectivity index (χ0) is 27.0. The number of aromatic nitrogens is 2. The molecule has 2 N–H and O–H groups in total. The van der Waals surface area contributed by atoms with E-state index >= 15 is 0 Å². The van der Waals surface area contributed by atoms with Crippen molar-refractivity contribution in [2.75, 3.05) is 37.8 Å². The van der Waals surface area contributed by atoms with Crippen molar-refractivity contribution in [3.63, 3.8) is 0 Å². The van der Waals surface area contributed by atoms with Crippen LogP contribution in [-0.4, -0.2) is 91.1 Å². The van der Waals surface area contributed by atoms with Crippen LogP contribution >= 0.6 is 0 Å². The topological polar surface area (TPSA) is 161 Å². The number of nitrogens with zero attached hydrogens (tertiary/aromatic N) is 3. The Bertz CT molecular complexity index is 1180. The summed E-state index contributed by atoms with van der Waals surface area (Å²) in [4.78, 5) is 44.6. The van der Waals surface area contributed by atoms with Gasteiger partial charge < -0.3 is 24.8 Å². The SMILES string of the molecule is CCC(NC(=O)C(CS(=O)(=O)CC(C)C)NC(=O)N1CCOCC1)C(=O)c1nc(-c2ccccc2)no1. The molecule has 37 heavy (non-hydrogen) atoms. The summed E-state index contributed by atoms with van der Waals surface area (Å²) in [5.74, 6) is -2.38. The average Bonchev–Trinajstić information content (AvgIpc) is 3.37. The minimum atomic E-state index is -3.69. The maximum Gasteiger partial charge on any atom is 0.318 e. The van der Waals surface area contributed by atoms with E-state index in [4.69, 9.17) is 9.26 Å². The van der Waals surface area contributed by atoms with Crippen molar-refractivity contribution in [3.8, 4) is 11.4 Å². The lowest BCUT2D eigenvalue weighted by molar-refractivity contribution is -0.123. The van der Waals surface area contributed by atoms with Gasteiger partial charge in [-0.15, -0.1) is 0 Å². The number of hydrogen-bond acceptors (Lipinski definition) is 9. The van der Waals surface area contributed by atoms with Crippen molar-refractivity contribution >= 4 is 27.6 Å². The molecule has 3 amide bonds. The largest absolute Gasteiger partial charge is 0.378 e. The van der Waals surface area contributed by atoms with Crippen molar-refractivity contribution < 1.29 is 32.1 Å². The molecule has 3 rings (SSSR count). The van der Waals surface area contributed by atoms with E-state index in [1.165, 1.54) is 4.90 Å². The molecule has 1 aliphatic rings. The first-order valence-corrected chi connectivity index (χ1v) is 14.0. The van der Waals surface area contributed by atoms with Crippen LogP contribution in [0.15, 0.2) is 34.9 Å². The zero-order valence-corrected chi connectivity index (χ0v) is 22.0. The Morgan fingerprint density at radius 3 is 2.32 bits per heavy atom. The van der Waals surface area contributed by atoms with Gasteiger partial charge in [-0.3, -0.25) is 9.59 Å². The van der Waals surface area contributed by atoms with E-state index in [1.54, 1.807) is 45.0 Å². The summed E-state index contributed by atoms with van der Waals surface area (Å²) in [7, 11) is -3.69. The lowest BCUT2D eigenvalue weighted by atomic mass is 10.1. The molecule has 1 fully saturated rings. The molecule has 12 nitrogen and oxygen atoms in total. The van der Waals surface area contributed by atoms with Crippen molar-refractivity contribution in [2.24, 2.45) is 5.92 Å². The Labute approximate surface area is 216 Å². The number of Topliss-reactive ketones (excluding diaryl/α,β-unsaturated/α-hetero) is 1. The van der Waals surface area contributed by atoms with E-state index in [-0.39, 0.29) is 29.8 Å². The fraction of sp³-hybridized carbons (Fsp3) is 0.542. The first-order valence-electron chi connectivity index (χ1n) is 12.2. The van der Waals surface area contributed by atoms with Gasteiger partial charge >= 0.3 is 6.03 Å². The third-order valence-electron chi connectivity index (χ3n) is 5.63. The number of rotatable bonds is 11. The number of morpholine rings is 1. The molecule has 0 radical (unpaired) electrons. The molecule has 1 aromatic carbocycles. The zero-order valence-electron chi connectivity index (χ0n) is 21.2. The van der Waals surface area contributed by atoms with Crippen LogP contribution in [0.5, 0.6) is 0 Å². The summed E-state index contributed by atoms with van der Waals surface area (Å²) < 4.78 is 35.8. The van der Waals surface area contributed by atoms with Gasteiger partial charge in [0.15, 0.2) is 9.84 Å². The van der Waals surface area contributed by atoms with Gasteiger partial charge in [0.1, 0.15) is 6.04 Å². The van der Waals surface area contributed by atoms with Crippen molar-refractivity contribution in [1.29, 1.82) is 0 Å². The van der Waals surface area contributed by atoms with E-state index in [0.717, 1.165) is 0 Å². The summed E-state index contributed by atoms with van der Waals surface area (Å²) >= 11 is 0. The Morgan fingerprint density at radius 1 is 1.03 bits per heavy atom. The molecule has 2 atom stereocenters. The number of carbonyl (C=O) groups is 3. The van der Waals surface area contributed by atoms with Crippen LogP contribution in [0.3, 0.4) is 0 Å². The maximum atomic E-state index is 13.2. The highest BCUT2D eigenvalue weighted by atomic mass is 32.2. The molecular formula is C24H33N5O7S. The molecule has 1 aromatic heterocycles. The molecule has 2 heterocycles. The molecule has 0 saturated carbocycles. The van der Waals surface area contributed by atoms with Crippen LogP contribution in [-0.2, 0) is 19.4 Å². The standard InChI is InChI=1S/C24H33N5O7S/c1-4-18(20(30)23-27-21(28-36-23)17-8-6-5-7-9-17)25-22(31)19(15-37(33,34)14-16(2)3)26-24(32)29-10-12-35-13-11-29/h5-9,16,18-19H,4,10-15H2,1-3H3,(H,25,31)(H,26,32). The summed E-state index contributed by atoms with van der Waals surface area (Å²) in [6, 6.07) is 5.90. The third-order valence-corrected chi connectivity index (χ3v) is 7.65. The molecule has 13 heteroatoms. The second kappa shape index (κ2) is 12.8. The predicted octanol–water partition coefficient (Wildman–Crippen LogP) is 1.30. The second-order valence-corrected chi connectivity index (χ2v) is 11.3. The normalized spacial score (nSPS) is 15.7. The second-order valence-electron chi connectivity index (χ2n) is 9.20. The Hall–Kier alpha value is -3.32. The van der Waals surface area contributed by atoms with Gasteiger partial charge in [0.25, 0.3) is 5.89 Å². The van der Waals surface area contributed by atoms with Crippen LogP contribution < -0.4 is 10.6 Å². The van der Waals surface area contributed by atoms with Gasteiger partial charge in [0, 0.05) is 18.7 Å². The Kier molecular flexibility index (Phi) is 9.75. The van der Waals surface area contributed by atoms with Gasteiger partial charge in [-0.2, -0.15) is 4.98 Å². The van der Waals surface area contributed by atoms with E-state index in [1.807, 2.05) is 6.07 Å². The van der Waals surface area contributed by atoms with Crippen LogP contribution in [0.25, 0.3) is 11.4 Å². The van der Waals surface area contributed by atoms with Gasteiger partial charge in [0.2, 0.25) is 17.5 Å². The van der Waals surface area contributed by atoms with Gasteiger partial charge in [-0.25, -0.2) is 13.2 Å². The lowest BCUT2D eigenvalue weighted by Gasteiger charge is -2.29. The van der Waals surface area contributed by atoms with Crippen LogP contribution in [0.4, 0.5) is 4.79 Å². The number of ether oxygens (including phenoxy) is 1. The van der Waals surface area contributed by atoms with Gasteiger partial charge in [-0.05, 0) is 12.3 Å². The quantitative estimate of drug-likeness (QED) is 0.404. The number of urea groups is 1. The number of sulfone groups is 1. The number of hydrogen-bond donors (Lipinski definition) is 2. The molecule has 202 valence electrons. The van der Waals surface area contributed by atoms with Crippen LogP contribution in [0.2, 0.25) is 0 Å². The average molecular weight is 536 g/mol. The summed E-state index contributed by atoms with van der Waals surface area (Å²) in [6.07, 6.45) is 0.177. The van der Waals surface area contributed by atoms with Crippen molar-refractivity contribution in [1.82, 2.24) is 25.7 Å². The van der Waals surface area contributed by atoms with Crippen LogP contribution in [0.1, 0.15) is 37.9 Å². The Morgan fingerprint density at radius 2 is 1.70 bits per heavy atom.